The first-order valence-corrected chi connectivity index (χ1v) is 6.87. The van der Waals surface area contributed by atoms with Crippen LogP contribution in [0.25, 0.3) is 0 Å². The molecule has 0 aliphatic heterocycles. The maximum Gasteiger partial charge on any atom is 0.0551 e. The van der Waals surface area contributed by atoms with Crippen molar-refractivity contribution in [2.24, 2.45) is 0 Å². The number of halogens is 2. The fourth-order valence-electron chi connectivity index (χ4n) is 1.53. The molecular formula is C14H13Br2N. The fraction of sp³-hybridized carbons (Fsp3) is 0.143. The normalized spacial score (nSPS) is 10.4. The van der Waals surface area contributed by atoms with Gasteiger partial charge >= 0.3 is 0 Å². The minimum Gasteiger partial charge on any atom is -0.277 e. The van der Waals surface area contributed by atoms with E-state index in [9.17, 15) is 0 Å². The number of nitrogens with zero attached hydrogens (tertiary/aromatic N) is 1. The van der Waals surface area contributed by atoms with Crippen LogP contribution in [0.2, 0.25) is 0 Å². The summed E-state index contributed by atoms with van der Waals surface area (Å²) in [5.41, 5.74) is 4.72. The van der Waals surface area contributed by atoms with Crippen LogP contribution < -0.4 is 3.93 Å². The van der Waals surface area contributed by atoms with Crippen LogP contribution in [-0.4, -0.2) is 0 Å². The highest BCUT2D eigenvalue weighted by Gasteiger charge is 2.06. The summed E-state index contributed by atoms with van der Waals surface area (Å²) in [5.74, 6) is 0. The lowest BCUT2D eigenvalue weighted by atomic mass is 10.2. The maximum atomic E-state index is 3.59. The molecule has 0 fully saturated rings. The summed E-state index contributed by atoms with van der Waals surface area (Å²) < 4.78 is 3.11. The van der Waals surface area contributed by atoms with E-state index in [-0.39, 0.29) is 0 Å². The second kappa shape index (κ2) is 5.23. The Morgan fingerprint density at radius 3 is 2.06 bits per heavy atom. The molecule has 0 atom stereocenters. The molecule has 0 aliphatic carbocycles. The molecular weight excluding hydrogens is 342 g/mol. The minimum absolute atomic E-state index is 1.10. The van der Waals surface area contributed by atoms with Gasteiger partial charge in [0, 0.05) is 4.47 Å². The van der Waals surface area contributed by atoms with Gasteiger partial charge in [-0.05, 0) is 43.7 Å². The second-order valence-electron chi connectivity index (χ2n) is 4.05. The Kier molecular flexibility index (Phi) is 3.89. The third-order valence-corrected chi connectivity index (χ3v) is 4.32. The van der Waals surface area contributed by atoms with Gasteiger partial charge in [0.05, 0.1) is 27.5 Å². The molecule has 0 bridgehead atoms. The van der Waals surface area contributed by atoms with Gasteiger partial charge in [0.15, 0.2) is 0 Å². The summed E-state index contributed by atoms with van der Waals surface area (Å²) in [7, 11) is 0. The van der Waals surface area contributed by atoms with E-state index in [0.29, 0.717) is 0 Å². The molecule has 0 unspecified atom stereocenters. The van der Waals surface area contributed by atoms with Crippen LogP contribution in [0.3, 0.4) is 0 Å². The van der Waals surface area contributed by atoms with Crippen molar-refractivity contribution in [1.82, 2.24) is 0 Å². The van der Waals surface area contributed by atoms with Crippen LogP contribution in [0, 0.1) is 13.8 Å². The molecule has 2 aromatic rings. The standard InChI is InChI=1S/C14H13Br2N/c1-10-3-6-12(7-4-10)17(16)13-8-5-11(2)14(15)9-13/h3-9H,1-2H3. The molecule has 1 nitrogen and oxygen atoms in total. The van der Waals surface area contributed by atoms with E-state index in [1.54, 1.807) is 0 Å². The van der Waals surface area contributed by atoms with E-state index in [4.69, 9.17) is 0 Å². The van der Waals surface area contributed by atoms with Crippen LogP contribution in [0.1, 0.15) is 11.1 Å². The molecule has 0 radical (unpaired) electrons. The summed E-state index contributed by atoms with van der Waals surface area (Å²) in [5, 5.41) is 0. The van der Waals surface area contributed by atoms with Crippen molar-refractivity contribution >= 4 is 43.5 Å². The molecule has 0 N–H and O–H groups in total. The highest BCUT2D eigenvalue weighted by molar-refractivity contribution is 9.10. The molecule has 0 aromatic heterocycles. The molecule has 0 amide bonds. The number of aryl methyl sites for hydroxylation is 2. The van der Waals surface area contributed by atoms with Crippen LogP contribution >= 0.6 is 32.1 Å². The van der Waals surface area contributed by atoms with Gasteiger partial charge in [0.25, 0.3) is 0 Å². The monoisotopic (exact) mass is 353 g/mol. The lowest BCUT2D eigenvalue weighted by Crippen LogP contribution is -2.00. The SMILES string of the molecule is Cc1ccc(N(Br)c2ccc(C)c(Br)c2)cc1. The molecule has 0 heterocycles. The summed E-state index contributed by atoms with van der Waals surface area (Å²) in [4.78, 5) is 0. The molecule has 0 saturated heterocycles. The predicted octanol–water partition coefficient (Wildman–Crippen LogP) is 5.51. The number of anilines is 2. The van der Waals surface area contributed by atoms with E-state index in [0.717, 1.165) is 15.8 Å². The van der Waals surface area contributed by atoms with Crippen molar-refractivity contribution in [3.63, 3.8) is 0 Å². The van der Waals surface area contributed by atoms with E-state index >= 15 is 0 Å². The number of hydrogen-bond donors (Lipinski definition) is 0. The smallest absolute Gasteiger partial charge is 0.0551 e. The second-order valence-corrected chi connectivity index (χ2v) is 5.61. The van der Waals surface area contributed by atoms with Crippen molar-refractivity contribution in [1.29, 1.82) is 0 Å². The highest BCUT2D eigenvalue weighted by atomic mass is 79.9. The highest BCUT2D eigenvalue weighted by Crippen LogP contribution is 2.32. The van der Waals surface area contributed by atoms with Gasteiger partial charge in [-0.25, -0.2) is 0 Å². The first-order chi connectivity index (χ1) is 8.08. The van der Waals surface area contributed by atoms with Crippen LogP contribution in [0.5, 0.6) is 0 Å². The molecule has 0 saturated carbocycles. The number of hydrogen-bond acceptors (Lipinski definition) is 1. The van der Waals surface area contributed by atoms with Gasteiger partial charge in [-0.15, -0.1) is 0 Å². The summed E-state index contributed by atoms with van der Waals surface area (Å²) in [6, 6.07) is 14.7. The lowest BCUT2D eigenvalue weighted by Gasteiger charge is -2.17. The van der Waals surface area contributed by atoms with E-state index in [1.807, 2.05) is 3.93 Å². The van der Waals surface area contributed by atoms with Crippen LogP contribution in [-0.2, 0) is 0 Å². The summed E-state index contributed by atoms with van der Waals surface area (Å²) in [6.45, 7) is 4.17. The van der Waals surface area contributed by atoms with Crippen molar-refractivity contribution in [2.45, 2.75) is 13.8 Å². The topological polar surface area (TPSA) is 3.24 Å². The zero-order valence-electron chi connectivity index (χ0n) is 9.74. The van der Waals surface area contributed by atoms with Crippen molar-refractivity contribution in [3.8, 4) is 0 Å². The Morgan fingerprint density at radius 2 is 1.47 bits per heavy atom. The van der Waals surface area contributed by atoms with Crippen molar-refractivity contribution in [3.05, 3.63) is 58.1 Å². The lowest BCUT2D eigenvalue weighted by molar-refractivity contribution is 1.37. The van der Waals surface area contributed by atoms with Crippen molar-refractivity contribution in [2.75, 3.05) is 3.93 Å². The molecule has 0 spiro atoms. The average Bonchev–Trinajstić information content (AvgIpc) is 2.33. The maximum absolute atomic E-state index is 3.59. The molecule has 3 heteroatoms. The first kappa shape index (κ1) is 12.7. The van der Waals surface area contributed by atoms with Crippen LogP contribution in [0.15, 0.2) is 46.9 Å². The van der Waals surface area contributed by atoms with Gasteiger partial charge in [-0.3, -0.25) is 3.93 Å². The summed E-state index contributed by atoms with van der Waals surface area (Å²) in [6.07, 6.45) is 0. The first-order valence-electron chi connectivity index (χ1n) is 5.36. The number of rotatable bonds is 2. The molecule has 2 aromatic carbocycles. The Morgan fingerprint density at radius 1 is 0.882 bits per heavy atom. The molecule has 2 rings (SSSR count). The Labute approximate surface area is 119 Å². The van der Waals surface area contributed by atoms with Gasteiger partial charge in [-0.2, -0.15) is 0 Å². The Hall–Kier alpha value is -0.800. The van der Waals surface area contributed by atoms with Crippen LogP contribution in [0.4, 0.5) is 11.4 Å². The van der Waals surface area contributed by atoms with Gasteiger partial charge in [0.2, 0.25) is 0 Å². The van der Waals surface area contributed by atoms with Gasteiger partial charge < -0.3 is 0 Å². The van der Waals surface area contributed by atoms with Crippen molar-refractivity contribution < 1.29 is 0 Å². The Bertz CT molecular complexity index is 520. The molecule has 17 heavy (non-hydrogen) atoms. The number of benzene rings is 2. The minimum atomic E-state index is 1.10. The summed E-state index contributed by atoms with van der Waals surface area (Å²) >= 11 is 7.14. The Balaban J connectivity index is 2.33. The fourth-order valence-corrected chi connectivity index (χ4v) is 2.35. The largest absolute Gasteiger partial charge is 0.277 e. The molecule has 88 valence electrons. The van der Waals surface area contributed by atoms with E-state index in [2.05, 4.69) is 88.4 Å². The predicted molar refractivity (Wildman–Crippen MR) is 81.1 cm³/mol. The zero-order valence-corrected chi connectivity index (χ0v) is 12.9. The quantitative estimate of drug-likeness (QED) is 0.642. The zero-order chi connectivity index (χ0) is 12.4. The third-order valence-electron chi connectivity index (χ3n) is 2.64. The van der Waals surface area contributed by atoms with E-state index in [1.165, 1.54) is 11.1 Å². The average molecular weight is 355 g/mol. The molecule has 0 aliphatic rings. The van der Waals surface area contributed by atoms with E-state index < -0.39 is 0 Å². The third kappa shape index (κ3) is 2.90. The van der Waals surface area contributed by atoms with Gasteiger partial charge in [-0.1, -0.05) is 39.7 Å². The van der Waals surface area contributed by atoms with Gasteiger partial charge in [0.1, 0.15) is 0 Å².